The molecule has 1 atom stereocenters. The average molecular weight is 391 g/mol. The van der Waals surface area contributed by atoms with Gasteiger partial charge in [-0.1, -0.05) is 25.1 Å². The first-order valence-electron chi connectivity index (χ1n) is 9.81. The summed E-state index contributed by atoms with van der Waals surface area (Å²) in [7, 11) is 1.63. The van der Waals surface area contributed by atoms with Crippen LogP contribution in [0.5, 0.6) is 11.5 Å². The molecule has 6 nitrogen and oxygen atoms in total. The fourth-order valence-electron chi connectivity index (χ4n) is 3.92. The number of Topliss-reactive ketones (excluding diaryl/α,β-unsaturated/α-hetero) is 1. The van der Waals surface area contributed by atoms with Gasteiger partial charge in [0.05, 0.1) is 30.8 Å². The Bertz CT molecular complexity index is 1110. The van der Waals surface area contributed by atoms with Gasteiger partial charge < -0.3 is 14.8 Å². The first-order valence-corrected chi connectivity index (χ1v) is 9.81. The molecule has 1 aliphatic heterocycles. The molecule has 0 spiro atoms. The van der Waals surface area contributed by atoms with Crippen molar-refractivity contribution >= 4 is 22.8 Å². The summed E-state index contributed by atoms with van der Waals surface area (Å²) in [6, 6.07) is 13.5. The minimum absolute atomic E-state index is 0.0220. The number of fused-ring (bicyclic) bond motifs is 3. The van der Waals surface area contributed by atoms with E-state index in [4.69, 9.17) is 14.5 Å². The lowest BCUT2D eigenvalue weighted by Gasteiger charge is -2.30. The molecule has 1 aromatic heterocycles. The van der Waals surface area contributed by atoms with Crippen LogP contribution in [0.15, 0.2) is 53.7 Å². The Balaban J connectivity index is 1.92. The number of hydrogen-bond acceptors (Lipinski definition) is 5. The molecule has 0 amide bonds. The second-order valence-electron chi connectivity index (χ2n) is 7.18. The standard InChI is InChI=1S/C23H25N3O3/c1-5-12-29-19-11-10-16(13-20(19)28-4)22-21(15(3)27)14(2)24-23-25-17-8-6-7-9-18(17)26(22)23/h6-11,13,22H,5,12H2,1-4H3,(H,24,25)/t22-/m0/s1. The number of para-hydroxylation sites is 2. The van der Waals surface area contributed by atoms with Gasteiger partial charge in [-0.3, -0.25) is 9.36 Å². The highest BCUT2D eigenvalue weighted by Crippen LogP contribution is 2.41. The number of allylic oxidation sites excluding steroid dienone is 2. The Labute approximate surface area is 170 Å². The van der Waals surface area contributed by atoms with Crippen LogP contribution in [0.4, 0.5) is 5.95 Å². The number of anilines is 1. The Kier molecular flexibility index (Phi) is 5.01. The number of carbonyl (C=O) groups is 1. The van der Waals surface area contributed by atoms with Crippen molar-refractivity contribution in [3.63, 3.8) is 0 Å². The van der Waals surface area contributed by atoms with Gasteiger partial charge in [-0.2, -0.15) is 0 Å². The van der Waals surface area contributed by atoms with Crippen LogP contribution in [-0.2, 0) is 4.79 Å². The maximum absolute atomic E-state index is 12.6. The quantitative estimate of drug-likeness (QED) is 0.659. The summed E-state index contributed by atoms with van der Waals surface area (Å²) in [6.07, 6.45) is 0.917. The van der Waals surface area contributed by atoms with Gasteiger partial charge in [-0.05, 0) is 50.1 Å². The maximum Gasteiger partial charge on any atom is 0.209 e. The van der Waals surface area contributed by atoms with Gasteiger partial charge in [0.1, 0.15) is 0 Å². The van der Waals surface area contributed by atoms with Crippen molar-refractivity contribution in [2.24, 2.45) is 0 Å². The number of benzene rings is 2. The van der Waals surface area contributed by atoms with Crippen LogP contribution in [0.2, 0.25) is 0 Å². The van der Waals surface area contributed by atoms with Crippen LogP contribution in [0.1, 0.15) is 38.8 Å². The summed E-state index contributed by atoms with van der Waals surface area (Å²) in [4.78, 5) is 17.4. The van der Waals surface area contributed by atoms with E-state index in [1.807, 2.05) is 49.4 Å². The monoisotopic (exact) mass is 391 g/mol. The molecule has 6 heteroatoms. The van der Waals surface area contributed by atoms with Crippen molar-refractivity contribution in [1.82, 2.24) is 9.55 Å². The van der Waals surface area contributed by atoms with E-state index in [1.165, 1.54) is 0 Å². The number of hydrogen-bond donors (Lipinski definition) is 1. The molecule has 0 aliphatic carbocycles. The number of rotatable bonds is 6. The van der Waals surface area contributed by atoms with Crippen LogP contribution in [0.3, 0.4) is 0 Å². The highest BCUT2D eigenvalue weighted by Gasteiger charge is 2.32. The van der Waals surface area contributed by atoms with Crippen LogP contribution in [0.25, 0.3) is 11.0 Å². The molecule has 2 aromatic carbocycles. The third-order valence-electron chi connectivity index (χ3n) is 5.18. The minimum atomic E-state index is -0.301. The second-order valence-corrected chi connectivity index (χ2v) is 7.18. The van der Waals surface area contributed by atoms with Crippen molar-refractivity contribution in [3.05, 3.63) is 59.3 Å². The molecule has 1 N–H and O–H groups in total. The lowest BCUT2D eigenvalue weighted by atomic mass is 9.92. The van der Waals surface area contributed by atoms with Crippen LogP contribution >= 0.6 is 0 Å². The SMILES string of the molecule is CCCOc1ccc([C@H]2C(C(C)=O)=C(C)Nc3nc4ccccc4n32)cc1OC. The number of ether oxygens (including phenoxy) is 2. The van der Waals surface area contributed by atoms with E-state index in [1.54, 1.807) is 14.0 Å². The summed E-state index contributed by atoms with van der Waals surface area (Å²) >= 11 is 0. The Morgan fingerprint density at radius 2 is 2.00 bits per heavy atom. The molecule has 4 rings (SSSR count). The van der Waals surface area contributed by atoms with E-state index < -0.39 is 0 Å². The summed E-state index contributed by atoms with van der Waals surface area (Å²) in [5, 5.41) is 3.30. The average Bonchev–Trinajstić information content (AvgIpc) is 3.08. The minimum Gasteiger partial charge on any atom is -0.493 e. The van der Waals surface area contributed by atoms with Gasteiger partial charge in [0, 0.05) is 11.3 Å². The molecule has 0 saturated carbocycles. The topological polar surface area (TPSA) is 65.4 Å². The molecule has 0 bridgehead atoms. The molecule has 0 saturated heterocycles. The predicted octanol–water partition coefficient (Wildman–Crippen LogP) is 4.71. The summed E-state index contributed by atoms with van der Waals surface area (Å²) in [6.45, 7) is 6.21. The molecule has 2 heterocycles. The number of carbonyl (C=O) groups excluding carboxylic acids is 1. The van der Waals surface area contributed by atoms with Crippen LogP contribution in [0, 0.1) is 0 Å². The van der Waals surface area contributed by atoms with Gasteiger partial charge >= 0.3 is 0 Å². The van der Waals surface area contributed by atoms with E-state index >= 15 is 0 Å². The number of nitrogens with zero attached hydrogens (tertiary/aromatic N) is 2. The highest BCUT2D eigenvalue weighted by atomic mass is 16.5. The molecule has 150 valence electrons. The van der Waals surface area contributed by atoms with Crippen molar-refractivity contribution in [1.29, 1.82) is 0 Å². The molecule has 0 fully saturated rings. The lowest BCUT2D eigenvalue weighted by Crippen LogP contribution is -2.27. The smallest absolute Gasteiger partial charge is 0.209 e. The molecule has 3 aromatic rings. The third kappa shape index (κ3) is 3.24. The molecule has 1 aliphatic rings. The first-order chi connectivity index (χ1) is 14.0. The summed E-state index contributed by atoms with van der Waals surface area (Å²) in [5.74, 6) is 2.10. The van der Waals surface area contributed by atoms with Gasteiger partial charge in [0.15, 0.2) is 17.3 Å². The van der Waals surface area contributed by atoms with Gasteiger partial charge in [-0.25, -0.2) is 4.98 Å². The zero-order chi connectivity index (χ0) is 20.5. The molecule has 0 unspecified atom stereocenters. The zero-order valence-corrected chi connectivity index (χ0v) is 17.2. The van der Waals surface area contributed by atoms with Crippen molar-refractivity contribution < 1.29 is 14.3 Å². The molecule has 29 heavy (non-hydrogen) atoms. The van der Waals surface area contributed by atoms with Crippen molar-refractivity contribution in [3.8, 4) is 11.5 Å². The van der Waals surface area contributed by atoms with Gasteiger partial charge in [0.25, 0.3) is 0 Å². The highest BCUT2D eigenvalue weighted by molar-refractivity contribution is 5.97. The predicted molar refractivity (Wildman–Crippen MR) is 114 cm³/mol. The van der Waals surface area contributed by atoms with E-state index in [-0.39, 0.29) is 11.8 Å². The van der Waals surface area contributed by atoms with Crippen molar-refractivity contribution in [2.45, 2.75) is 33.2 Å². The van der Waals surface area contributed by atoms with Gasteiger partial charge in [0.2, 0.25) is 5.95 Å². The second kappa shape index (κ2) is 7.62. The van der Waals surface area contributed by atoms with Gasteiger partial charge in [-0.15, -0.1) is 0 Å². The molecular formula is C23H25N3O3. The number of methoxy groups -OCH3 is 1. The zero-order valence-electron chi connectivity index (χ0n) is 17.2. The first kappa shape index (κ1) is 19.1. The van der Waals surface area contributed by atoms with E-state index in [2.05, 4.69) is 16.8 Å². The summed E-state index contributed by atoms with van der Waals surface area (Å²) in [5.41, 5.74) is 4.32. The fourth-order valence-corrected chi connectivity index (χ4v) is 3.92. The number of ketones is 1. The van der Waals surface area contributed by atoms with Crippen LogP contribution in [-0.4, -0.2) is 29.1 Å². The van der Waals surface area contributed by atoms with E-state index in [0.29, 0.717) is 23.7 Å². The fraction of sp³-hybridized carbons (Fsp3) is 0.304. The maximum atomic E-state index is 12.6. The van der Waals surface area contributed by atoms with E-state index in [0.717, 1.165) is 34.7 Å². The number of imidazole rings is 1. The molecular weight excluding hydrogens is 366 g/mol. The Morgan fingerprint density at radius 3 is 2.72 bits per heavy atom. The largest absolute Gasteiger partial charge is 0.493 e. The normalized spacial score (nSPS) is 15.8. The number of nitrogens with one attached hydrogen (secondary N) is 1. The van der Waals surface area contributed by atoms with Crippen molar-refractivity contribution in [2.75, 3.05) is 19.0 Å². The number of aromatic nitrogens is 2. The molecule has 0 radical (unpaired) electrons. The lowest BCUT2D eigenvalue weighted by molar-refractivity contribution is -0.114. The van der Waals surface area contributed by atoms with Crippen LogP contribution < -0.4 is 14.8 Å². The summed E-state index contributed by atoms with van der Waals surface area (Å²) < 4.78 is 13.5. The Hall–Kier alpha value is -3.28. The Morgan fingerprint density at radius 1 is 1.21 bits per heavy atom. The van der Waals surface area contributed by atoms with E-state index in [9.17, 15) is 4.79 Å². The third-order valence-corrected chi connectivity index (χ3v) is 5.18.